The highest BCUT2D eigenvalue weighted by Crippen LogP contribution is 2.34. The van der Waals surface area contributed by atoms with Gasteiger partial charge >= 0.3 is 0 Å². The molecule has 1 heteroatoms. The van der Waals surface area contributed by atoms with Crippen LogP contribution in [0.1, 0.15) is 64.8 Å². The average Bonchev–Trinajstić information content (AvgIpc) is 2.34. The van der Waals surface area contributed by atoms with E-state index < -0.39 is 37.1 Å². The zero-order valence-corrected chi connectivity index (χ0v) is 9.18. The summed E-state index contributed by atoms with van der Waals surface area (Å²) in [5.41, 5.74) is -3.77. The van der Waals surface area contributed by atoms with Gasteiger partial charge in [0.1, 0.15) is 5.75 Å². The Balaban J connectivity index is 3.75. The van der Waals surface area contributed by atoms with Gasteiger partial charge < -0.3 is 5.11 Å². The minimum atomic E-state index is -2.93. The van der Waals surface area contributed by atoms with Gasteiger partial charge in [-0.3, -0.25) is 0 Å². The van der Waals surface area contributed by atoms with E-state index in [1.807, 2.05) is 0 Å². The van der Waals surface area contributed by atoms with Gasteiger partial charge in [-0.05, 0) is 28.0 Å². The molecule has 15 heavy (non-hydrogen) atoms. The van der Waals surface area contributed by atoms with Crippen molar-refractivity contribution < 1.29 is 17.4 Å². The van der Waals surface area contributed by atoms with Crippen LogP contribution in [0, 0.1) is 0 Å². The molecule has 0 aliphatic heterocycles. The van der Waals surface area contributed by atoms with Crippen LogP contribution in [0.3, 0.4) is 0 Å². The number of hydrogen-bond donors (Lipinski definition) is 1. The molecule has 0 radical (unpaired) electrons. The van der Waals surface area contributed by atoms with Gasteiger partial charge in [-0.1, -0.05) is 53.5 Å². The van der Waals surface area contributed by atoms with E-state index in [0.717, 1.165) is 13.0 Å². The fourth-order valence-electron chi connectivity index (χ4n) is 1.33. The second-order valence-electron chi connectivity index (χ2n) is 4.48. The van der Waals surface area contributed by atoms with Crippen molar-refractivity contribution in [1.82, 2.24) is 0 Å². The van der Waals surface area contributed by atoms with Crippen molar-refractivity contribution in [2.24, 2.45) is 0 Å². The fourth-order valence-corrected chi connectivity index (χ4v) is 1.33. The Bertz CT molecular complexity index is 594. The van der Waals surface area contributed by atoms with Crippen molar-refractivity contribution in [2.75, 3.05) is 0 Å². The third-order valence-electron chi connectivity index (χ3n) is 2.26. The smallest absolute Gasteiger partial charge is 0.119 e. The van der Waals surface area contributed by atoms with Crippen LogP contribution >= 0.6 is 0 Å². The second-order valence-corrected chi connectivity index (χ2v) is 4.48. The summed E-state index contributed by atoms with van der Waals surface area (Å²) in [7, 11) is 0. The molecule has 0 saturated heterocycles. The number of benzene rings is 1. The molecule has 0 unspecified atom stereocenters. The van der Waals surface area contributed by atoms with E-state index in [-0.39, 0.29) is 11.1 Å². The number of phenolic OH excluding ortho intramolecular Hbond substituents is 1. The quantitative estimate of drug-likeness (QED) is 0.694. The molecule has 1 rings (SSSR count). The summed E-state index contributed by atoms with van der Waals surface area (Å²) >= 11 is 0. The highest BCUT2D eigenvalue weighted by atomic mass is 16.3. The van der Waals surface area contributed by atoms with Gasteiger partial charge in [-0.25, -0.2) is 0 Å². The first-order chi connectivity index (χ1) is 10.4. The predicted molar refractivity (Wildman–Crippen MR) is 65.5 cm³/mol. The first-order valence-electron chi connectivity index (χ1n) is 9.21. The normalized spacial score (nSPS) is 24.3. The molecule has 0 aliphatic carbocycles. The first kappa shape index (κ1) is 4.48. The maximum Gasteiger partial charge on any atom is 0.119 e. The van der Waals surface area contributed by atoms with E-state index in [2.05, 4.69) is 0 Å². The Morgan fingerprint density at radius 2 is 1.67 bits per heavy atom. The van der Waals surface area contributed by atoms with Gasteiger partial charge in [0.25, 0.3) is 0 Å². The predicted octanol–water partition coefficient (Wildman–Crippen LogP) is 3.99. The summed E-state index contributed by atoms with van der Waals surface area (Å²) in [6.45, 7) is -4.31. The molecule has 84 valence electrons. The van der Waals surface area contributed by atoms with E-state index in [1.54, 1.807) is 0 Å². The van der Waals surface area contributed by atoms with Gasteiger partial charge in [-0.2, -0.15) is 0 Å². The molecular weight excluding hydrogens is 184 g/mol. The molecule has 0 heterocycles. The molecule has 0 saturated carbocycles. The second kappa shape index (κ2) is 3.55. The van der Waals surface area contributed by atoms with E-state index in [9.17, 15) is 5.11 Å². The van der Waals surface area contributed by atoms with Gasteiger partial charge in [0.2, 0.25) is 0 Å². The molecule has 0 amide bonds. The molecule has 1 nitrogen and oxygen atoms in total. The van der Waals surface area contributed by atoms with Crippen LogP contribution in [0.4, 0.5) is 0 Å². The summed E-state index contributed by atoms with van der Waals surface area (Å²) in [5, 5.41) is 10.1. The molecule has 0 bridgehead atoms. The van der Waals surface area contributed by atoms with Crippen LogP contribution in [0.5, 0.6) is 5.75 Å². The Labute approximate surface area is 106 Å². The van der Waals surface area contributed by atoms with E-state index >= 15 is 0 Å². The minimum Gasteiger partial charge on any atom is -0.508 e. The summed E-state index contributed by atoms with van der Waals surface area (Å²) in [4.78, 5) is 0. The topological polar surface area (TPSA) is 20.2 Å². The highest BCUT2D eigenvalue weighted by Gasteiger charge is 2.21. The molecule has 0 spiro atoms. The largest absolute Gasteiger partial charge is 0.508 e. The summed E-state index contributed by atoms with van der Waals surface area (Å²) in [6, 6.07) is 3.69. The molecular formula is C14H22O. The Morgan fingerprint density at radius 1 is 1.07 bits per heavy atom. The number of hydrogen-bond acceptors (Lipinski definition) is 1. The fraction of sp³-hybridized carbons (Fsp3) is 0.571. The molecule has 1 N–H and O–H groups in total. The lowest BCUT2D eigenvalue weighted by atomic mass is 9.80. The first-order valence-corrected chi connectivity index (χ1v) is 4.71. The Kier molecular flexibility index (Phi) is 1.06. The van der Waals surface area contributed by atoms with Gasteiger partial charge in [-0.15, -0.1) is 0 Å². The van der Waals surface area contributed by atoms with Crippen molar-refractivity contribution >= 4 is 0 Å². The lowest BCUT2D eigenvalue weighted by Gasteiger charge is -2.25. The molecule has 1 aromatic rings. The SMILES string of the molecule is [2H]C([2H])([2H])C(C)(C)c1ccc(O)c(C(C)(C([2H])([2H])[2H])C([2H])([2H])[2H])c1. The lowest BCUT2D eigenvalue weighted by Crippen LogP contribution is -2.16. The van der Waals surface area contributed by atoms with Crippen LogP contribution in [-0.2, 0) is 10.8 Å². The number of aromatic hydroxyl groups is 1. The minimum absolute atomic E-state index is 0.232. The van der Waals surface area contributed by atoms with Gasteiger partial charge in [0, 0.05) is 12.3 Å². The van der Waals surface area contributed by atoms with Crippen molar-refractivity contribution in [3.8, 4) is 5.75 Å². The molecule has 0 aromatic heterocycles. The van der Waals surface area contributed by atoms with Crippen LogP contribution < -0.4 is 0 Å². The summed E-state index contributed by atoms with van der Waals surface area (Å²) in [5.74, 6) is -0.491. The standard InChI is InChI=1S/C14H22O/c1-13(2,3)10-7-8-12(15)11(9-10)14(4,5)6/h7-9,15H,1-6H3/i1D3,4D3,5D3. The van der Waals surface area contributed by atoms with E-state index in [1.165, 1.54) is 26.0 Å². The third kappa shape index (κ3) is 2.74. The van der Waals surface area contributed by atoms with Crippen molar-refractivity contribution in [1.29, 1.82) is 0 Å². The van der Waals surface area contributed by atoms with Crippen LogP contribution in [0.25, 0.3) is 0 Å². The monoisotopic (exact) mass is 215 g/mol. The van der Waals surface area contributed by atoms with Crippen LogP contribution in [0.15, 0.2) is 18.2 Å². The Hall–Kier alpha value is -0.980. The van der Waals surface area contributed by atoms with Crippen molar-refractivity contribution in [3.05, 3.63) is 29.3 Å². The molecule has 1 aromatic carbocycles. The van der Waals surface area contributed by atoms with Gasteiger partial charge in [0.15, 0.2) is 0 Å². The zero-order chi connectivity index (χ0) is 19.4. The van der Waals surface area contributed by atoms with Gasteiger partial charge in [0.05, 0.1) is 0 Å². The maximum absolute atomic E-state index is 10.1. The highest BCUT2D eigenvalue weighted by molar-refractivity contribution is 5.42. The Morgan fingerprint density at radius 3 is 2.20 bits per heavy atom. The molecule has 0 atom stereocenters. The summed E-state index contributed by atoms with van der Waals surface area (Å²) in [6.07, 6.45) is 0. The summed E-state index contributed by atoms with van der Waals surface area (Å²) < 4.78 is 69.0. The maximum atomic E-state index is 10.1. The zero-order valence-electron chi connectivity index (χ0n) is 18.2. The van der Waals surface area contributed by atoms with E-state index in [0.29, 0.717) is 0 Å². The molecule has 0 fully saturated rings. The van der Waals surface area contributed by atoms with Crippen LogP contribution in [0.2, 0.25) is 0 Å². The van der Waals surface area contributed by atoms with Crippen molar-refractivity contribution in [3.63, 3.8) is 0 Å². The third-order valence-corrected chi connectivity index (χ3v) is 2.26. The van der Waals surface area contributed by atoms with Crippen molar-refractivity contribution in [2.45, 2.75) is 52.2 Å². The lowest BCUT2D eigenvalue weighted by molar-refractivity contribution is 0.444. The average molecular weight is 215 g/mol. The number of rotatable bonds is 0. The van der Waals surface area contributed by atoms with E-state index in [4.69, 9.17) is 12.3 Å². The molecule has 0 aliphatic rings. The van der Waals surface area contributed by atoms with Crippen LogP contribution in [-0.4, -0.2) is 5.11 Å². The number of phenols is 1.